The molecule has 2 aliphatic rings. The number of fused-ring (bicyclic) bond motifs is 1. The lowest BCUT2D eigenvalue weighted by Gasteiger charge is -2.33. The Morgan fingerprint density at radius 1 is 1.39 bits per heavy atom. The van der Waals surface area contributed by atoms with E-state index in [2.05, 4.69) is 39.5 Å². The van der Waals surface area contributed by atoms with Gasteiger partial charge in [-0.15, -0.1) is 0 Å². The third-order valence-electron chi connectivity index (χ3n) is 3.92. The first-order valence-electron chi connectivity index (χ1n) is 6.82. The second-order valence-electron chi connectivity index (χ2n) is 5.15. The van der Waals surface area contributed by atoms with Crippen LogP contribution in [-0.4, -0.2) is 35.2 Å². The van der Waals surface area contributed by atoms with Crippen LogP contribution in [0.15, 0.2) is 29.6 Å². The molecule has 3 rings (SSSR count). The molecule has 0 bridgehead atoms. The molecule has 0 aromatic carbocycles. The molecule has 0 spiro atoms. The van der Waals surface area contributed by atoms with Gasteiger partial charge in [-0.1, -0.05) is 6.92 Å². The Morgan fingerprint density at radius 2 is 2.22 bits per heavy atom. The van der Waals surface area contributed by atoms with Gasteiger partial charge in [-0.2, -0.15) is 5.10 Å². The molecular formula is C14H20N4. The number of rotatable bonds is 3. The quantitative estimate of drug-likeness (QED) is 0.881. The van der Waals surface area contributed by atoms with E-state index in [-0.39, 0.29) is 0 Å². The van der Waals surface area contributed by atoms with Crippen LogP contribution >= 0.6 is 0 Å². The SMILES string of the molecule is CCCN1CCC2=NNC(c3ccncc3)C2C1. The third kappa shape index (κ3) is 2.12. The van der Waals surface area contributed by atoms with Crippen molar-refractivity contribution in [1.29, 1.82) is 0 Å². The summed E-state index contributed by atoms with van der Waals surface area (Å²) in [5, 5.41) is 4.53. The highest BCUT2D eigenvalue weighted by molar-refractivity contribution is 5.89. The van der Waals surface area contributed by atoms with Crippen molar-refractivity contribution in [3.63, 3.8) is 0 Å². The predicted molar refractivity (Wildman–Crippen MR) is 72.4 cm³/mol. The van der Waals surface area contributed by atoms with Gasteiger partial charge in [0.05, 0.1) is 6.04 Å². The Labute approximate surface area is 108 Å². The first-order valence-corrected chi connectivity index (χ1v) is 6.82. The van der Waals surface area contributed by atoms with E-state index < -0.39 is 0 Å². The zero-order valence-corrected chi connectivity index (χ0v) is 10.8. The van der Waals surface area contributed by atoms with Crippen LogP contribution < -0.4 is 5.43 Å². The molecule has 0 aliphatic carbocycles. The molecule has 1 aromatic heterocycles. The molecule has 4 heteroatoms. The van der Waals surface area contributed by atoms with Gasteiger partial charge in [-0.05, 0) is 30.7 Å². The lowest BCUT2D eigenvalue weighted by atomic mass is 9.87. The van der Waals surface area contributed by atoms with E-state index >= 15 is 0 Å². The number of aromatic nitrogens is 1. The molecule has 3 heterocycles. The number of hydrazone groups is 1. The van der Waals surface area contributed by atoms with Crippen LogP contribution in [0, 0.1) is 5.92 Å². The van der Waals surface area contributed by atoms with E-state index in [1.165, 1.54) is 24.2 Å². The first kappa shape index (κ1) is 11.7. The Balaban J connectivity index is 1.76. The molecule has 2 unspecified atom stereocenters. The van der Waals surface area contributed by atoms with E-state index in [1.54, 1.807) is 0 Å². The Kier molecular flexibility index (Phi) is 3.28. The molecule has 1 N–H and O–H groups in total. The van der Waals surface area contributed by atoms with Gasteiger partial charge in [0.1, 0.15) is 0 Å². The molecule has 1 fully saturated rings. The van der Waals surface area contributed by atoms with Crippen LogP contribution in [0.4, 0.5) is 0 Å². The van der Waals surface area contributed by atoms with Gasteiger partial charge in [0.15, 0.2) is 0 Å². The molecule has 0 saturated carbocycles. The maximum Gasteiger partial charge on any atom is 0.0783 e. The highest BCUT2D eigenvalue weighted by atomic mass is 15.4. The molecule has 2 atom stereocenters. The fourth-order valence-corrected chi connectivity index (χ4v) is 3.01. The smallest absolute Gasteiger partial charge is 0.0783 e. The normalized spacial score (nSPS) is 27.5. The van der Waals surface area contributed by atoms with Crippen LogP contribution in [0.3, 0.4) is 0 Å². The number of nitrogens with one attached hydrogen (secondary N) is 1. The highest BCUT2D eigenvalue weighted by Crippen LogP contribution is 2.32. The maximum absolute atomic E-state index is 4.53. The van der Waals surface area contributed by atoms with Gasteiger partial charge in [0.25, 0.3) is 0 Å². The van der Waals surface area contributed by atoms with E-state index in [1.807, 2.05) is 12.4 Å². The van der Waals surface area contributed by atoms with E-state index in [0.717, 1.165) is 19.5 Å². The zero-order chi connectivity index (χ0) is 12.4. The summed E-state index contributed by atoms with van der Waals surface area (Å²) < 4.78 is 0. The summed E-state index contributed by atoms with van der Waals surface area (Å²) in [5.74, 6) is 0.535. The lowest BCUT2D eigenvalue weighted by molar-refractivity contribution is 0.228. The van der Waals surface area contributed by atoms with Crippen LogP contribution in [0.5, 0.6) is 0 Å². The minimum Gasteiger partial charge on any atom is -0.302 e. The topological polar surface area (TPSA) is 40.5 Å². The monoisotopic (exact) mass is 244 g/mol. The van der Waals surface area contributed by atoms with E-state index in [0.29, 0.717) is 12.0 Å². The number of pyridine rings is 1. The molecule has 4 nitrogen and oxygen atoms in total. The zero-order valence-electron chi connectivity index (χ0n) is 10.8. The molecule has 1 aromatic rings. The molecule has 96 valence electrons. The summed E-state index contributed by atoms with van der Waals surface area (Å²) in [7, 11) is 0. The summed E-state index contributed by atoms with van der Waals surface area (Å²) >= 11 is 0. The molecule has 0 radical (unpaired) electrons. The van der Waals surface area contributed by atoms with E-state index in [9.17, 15) is 0 Å². The summed E-state index contributed by atoms with van der Waals surface area (Å²) in [6.45, 7) is 5.74. The number of likely N-dealkylation sites (tertiary alicyclic amines) is 1. The fourth-order valence-electron chi connectivity index (χ4n) is 3.01. The minimum atomic E-state index is 0.336. The van der Waals surface area contributed by atoms with Crippen molar-refractivity contribution in [2.45, 2.75) is 25.8 Å². The van der Waals surface area contributed by atoms with Crippen molar-refractivity contribution in [3.05, 3.63) is 30.1 Å². The van der Waals surface area contributed by atoms with Gasteiger partial charge in [-0.25, -0.2) is 0 Å². The Morgan fingerprint density at radius 3 is 3.00 bits per heavy atom. The third-order valence-corrected chi connectivity index (χ3v) is 3.92. The average molecular weight is 244 g/mol. The summed E-state index contributed by atoms with van der Waals surface area (Å²) in [6, 6.07) is 4.52. The summed E-state index contributed by atoms with van der Waals surface area (Å²) in [5.41, 5.74) is 5.96. The van der Waals surface area contributed by atoms with Crippen molar-refractivity contribution in [2.24, 2.45) is 11.0 Å². The average Bonchev–Trinajstić information content (AvgIpc) is 2.83. The second-order valence-corrected chi connectivity index (χ2v) is 5.15. The maximum atomic E-state index is 4.53. The number of piperidine rings is 1. The first-order chi connectivity index (χ1) is 8.88. The Bertz CT molecular complexity index is 429. The molecule has 18 heavy (non-hydrogen) atoms. The molecular weight excluding hydrogens is 224 g/mol. The highest BCUT2D eigenvalue weighted by Gasteiger charge is 2.36. The van der Waals surface area contributed by atoms with Crippen molar-refractivity contribution in [3.8, 4) is 0 Å². The molecule has 2 aliphatic heterocycles. The van der Waals surface area contributed by atoms with Crippen molar-refractivity contribution in [1.82, 2.24) is 15.3 Å². The van der Waals surface area contributed by atoms with E-state index in [4.69, 9.17) is 0 Å². The Hall–Kier alpha value is -1.42. The molecule has 1 saturated heterocycles. The summed E-state index contributed by atoms with van der Waals surface area (Å²) in [6.07, 6.45) is 6.06. The standard InChI is InChI=1S/C14H20N4/c1-2-8-18-9-5-13-12(10-18)14(17-16-13)11-3-6-15-7-4-11/h3-4,6-7,12,14,17H,2,5,8-10H2,1H3. The molecule has 0 amide bonds. The van der Waals surface area contributed by atoms with Gasteiger partial charge in [0.2, 0.25) is 0 Å². The van der Waals surface area contributed by atoms with Crippen LogP contribution in [0.1, 0.15) is 31.4 Å². The van der Waals surface area contributed by atoms with Gasteiger partial charge in [0, 0.05) is 43.5 Å². The van der Waals surface area contributed by atoms with Gasteiger partial charge in [-0.3, -0.25) is 4.98 Å². The van der Waals surface area contributed by atoms with Crippen LogP contribution in [0.25, 0.3) is 0 Å². The predicted octanol–water partition coefficient (Wildman–Crippen LogP) is 1.81. The van der Waals surface area contributed by atoms with Crippen LogP contribution in [0.2, 0.25) is 0 Å². The summed E-state index contributed by atoms with van der Waals surface area (Å²) in [4.78, 5) is 6.65. The largest absolute Gasteiger partial charge is 0.302 e. The van der Waals surface area contributed by atoms with Crippen molar-refractivity contribution in [2.75, 3.05) is 19.6 Å². The van der Waals surface area contributed by atoms with Gasteiger partial charge < -0.3 is 10.3 Å². The second kappa shape index (κ2) is 5.06. The number of hydrogen-bond acceptors (Lipinski definition) is 4. The van der Waals surface area contributed by atoms with Crippen molar-refractivity contribution < 1.29 is 0 Å². The number of hydrogen-bond donors (Lipinski definition) is 1. The number of nitrogens with zero attached hydrogens (tertiary/aromatic N) is 3. The fraction of sp³-hybridized carbons (Fsp3) is 0.571. The van der Waals surface area contributed by atoms with Gasteiger partial charge >= 0.3 is 0 Å². The van der Waals surface area contributed by atoms with Crippen LogP contribution in [-0.2, 0) is 0 Å². The minimum absolute atomic E-state index is 0.336. The lowest BCUT2D eigenvalue weighted by Crippen LogP contribution is -2.42. The van der Waals surface area contributed by atoms with Crippen molar-refractivity contribution >= 4 is 5.71 Å².